The first-order valence-corrected chi connectivity index (χ1v) is 6.82. The van der Waals surface area contributed by atoms with Crippen LogP contribution in [-0.2, 0) is 4.74 Å². The van der Waals surface area contributed by atoms with Crippen molar-refractivity contribution in [3.8, 4) is 0 Å². The Kier molecular flexibility index (Phi) is 6.58. The van der Waals surface area contributed by atoms with Crippen molar-refractivity contribution in [1.29, 1.82) is 0 Å². The zero-order chi connectivity index (χ0) is 13.4. The van der Waals surface area contributed by atoms with Crippen molar-refractivity contribution in [2.24, 2.45) is 5.92 Å². The summed E-state index contributed by atoms with van der Waals surface area (Å²) in [6, 6.07) is 8.03. The molecule has 3 heteroatoms. The van der Waals surface area contributed by atoms with Crippen molar-refractivity contribution in [3.63, 3.8) is 0 Å². The highest BCUT2D eigenvalue weighted by atomic mass is 16.5. The van der Waals surface area contributed by atoms with Gasteiger partial charge in [0.05, 0.1) is 18.0 Å². The summed E-state index contributed by atoms with van der Waals surface area (Å²) in [5, 5.41) is 0. The molecule has 0 fully saturated rings. The number of nitrogens with two attached hydrogens (primary N) is 1. The zero-order valence-corrected chi connectivity index (χ0v) is 11.9. The Bertz CT molecular complexity index is 339. The van der Waals surface area contributed by atoms with Gasteiger partial charge in [-0.25, -0.2) is 0 Å². The topological polar surface area (TPSA) is 38.5 Å². The molecule has 0 bridgehead atoms. The van der Waals surface area contributed by atoms with E-state index in [1.54, 1.807) is 0 Å². The van der Waals surface area contributed by atoms with Gasteiger partial charge < -0.3 is 15.4 Å². The number of hydrogen-bond donors (Lipinski definition) is 1. The molecule has 3 nitrogen and oxygen atoms in total. The second-order valence-electron chi connectivity index (χ2n) is 5.01. The van der Waals surface area contributed by atoms with Crippen LogP contribution in [0.25, 0.3) is 0 Å². The normalized spacial score (nSPS) is 10.9. The molecule has 0 aliphatic carbocycles. The number of anilines is 2. The van der Waals surface area contributed by atoms with Gasteiger partial charge in [-0.05, 0) is 24.5 Å². The van der Waals surface area contributed by atoms with Crippen molar-refractivity contribution in [2.75, 3.05) is 36.9 Å². The largest absolute Gasteiger partial charge is 0.397 e. The van der Waals surface area contributed by atoms with Crippen LogP contribution in [0.1, 0.15) is 27.2 Å². The first-order valence-electron chi connectivity index (χ1n) is 6.82. The molecule has 0 radical (unpaired) electrons. The van der Waals surface area contributed by atoms with Gasteiger partial charge in [0, 0.05) is 19.7 Å². The van der Waals surface area contributed by atoms with Crippen LogP contribution in [0.3, 0.4) is 0 Å². The lowest BCUT2D eigenvalue weighted by molar-refractivity contribution is 0.115. The van der Waals surface area contributed by atoms with E-state index in [0.717, 1.165) is 44.1 Å². The van der Waals surface area contributed by atoms with Crippen molar-refractivity contribution in [1.82, 2.24) is 0 Å². The van der Waals surface area contributed by atoms with Crippen molar-refractivity contribution in [2.45, 2.75) is 27.2 Å². The van der Waals surface area contributed by atoms with Gasteiger partial charge in [-0.3, -0.25) is 0 Å². The summed E-state index contributed by atoms with van der Waals surface area (Å²) in [6.07, 6.45) is 1.11. The average Bonchev–Trinajstić information content (AvgIpc) is 2.34. The third-order valence-corrected chi connectivity index (χ3v) is 2.73. The molecule has 1 rings (SSSR count). The molecule has 0 unspecified atom stereocenters. The summed E-state index contributed by atoms with van der Waals surface area (Å²) in [4.78, 5) is 2.30. The van der Waals surface area contributed by atoms with E-state index < -0.39 is 0 Å². The molecule has 0 atom stereocenters. The molecule has 0 aromatic heterocycles. The monoisotopic (exact) mass is 250 g/mol. The molecule has 0 amide bonds. The maximum atomic E-state index is 6.02. The highest BCUT2D eigenvalue weighted by Crippen LogP contribution is 2.22. The second kappa shape index (κ2) is 7.98. The third kappa shape index (κ3) is 4.96. The summed E-state index contributed by atoms with van der Waals surface area (Å²) in [5.74, 6) is 0.589. The van der Waals surface area contributed by atoms with Crippen LogP contribution in [0.15, 0.2) is 24.3 Å². The van der Waals surface area contributed by atoms with Crippen molar-refractivity contribution >= 4 is 11.4 Å². The summed E-state index contributed by atoms with van der Waals surface area (Å²) < 4.78 is 5.65. The molecule has 0 spiro atoms. The van der Waals surface area contributed by atoms with Gasteiger partial charge in [-0.2, -0.15) is 0 Å². The number of nitrogens with zero attached hydrogens (tertiary/aromatic N) is 1. The van der Waals surface area contributed by atoms with Gasteiger partial charge >= 0.3 is 0 Å². The quantitative estimate of drug-likeness (QED) is 0.569. The maximum Gasteiger partial charge on any atom is 0.0641 e. The molecule has 18 heavy (non-hydrogen) atoms. The number of rotatable bonds is 8. The Labute approximate surface area is 111 Å². The smallest absolute Gasteiger partial charge is 0.0641 e. The summed E-state index contributed by atoms with van der Waals surface area (Å²) >= 11 is 0. The Morgan fingerprint density at radius 1 is 1.22 bits per heavy atom. The predicted molar refractivity (Wildman–Crippen MR) is 79.0 cm³/mol. The minimum atomic E-state index is 0.589. The SMILES string of the molecule is CCCN(CCOCC(C)C)c1ccccc1N. The minimum absolute atomic E-state index is 0.589. The van der Waals surface area contributed by atoms with Gasteiger partial charge in [0.25, 0.3) is 0 Å². The minimum Gasteiger partial charge on any atom is -0.397 e. The number of hydrogen-bond acceptors (Lipinski definition) is 3. The van der Waals surface area contributed by atoms with Crippen molar-refractivity contribution in [3.05, 3.63) is 24.3 Å². The summed E-state index contributed by atoms with van der Waals surface area (Å²) in [5.41, 5.74) is 7.98. The molecule has 1 aromatic rings. The first kappa shape index (κ1) is 14.8. The second-order valence-corrected chi connectivity index (χ2v) is 5.01. The van der Waals surface area contributed by atoms with E-state index in [0.29, 0.717) is 5.92 Å². The van der Waals surface area contributed by atoms with Gasteiger partial charge in [-0.15, -0.1) is 0 Å². The Balaban J connectivity index is 2.52. The van der Waals surface area contributed by atoms with Crippen LogP contribution in [0.4, 0.5) is 11.4 Å². The molecule has 0 saturated carbocycles. The summed E-state index contributed by atoms with van der Waals surface area (Å²) in [7, 11) is 0. The Morgan fingerprint density at radius 3 is 2.56 bits per heavy atom. The van der Waals surface area contributed by atoms with Crippen LogP contribution in [0.2, 0.25) is 0 Å². The molecule has 102 valence electrons. The van der Waals surface area contributed by atoms with Gasteiger partial charge in [0.2, 0.25) is 0 Å². The lowest BCUT2D eigenvalue weighted by atomic mass is 10.2. The molecule has 0 aliphatic heterocycles. The standard InChI is InChI=1S/C15H26N2O/c1-4-9-17(10-11-18-12-13(2)3)15-8-6-5-7-14(15)16/h5-8,13H,4,9-12,16H2,1-3H3. The van der Waals surface area contributed by atoms with Crippen LogP contribution in [0.5, 0.6) is 0 Å². The van der Waals surface area contributed by atoms with Crippen LogP contribution < -0.4 is 10.6 Å². The van der Waals surface area contributed by atoms with Crippen LogP contribution in [-0.4, -0.2) is 26.3 Å². The molecular weight excluding hydrogens is 224 g/mol. The van der Waals surface area contributed by atoms with Crippen molar-refractivity contribution < 1.29 is 4.74 Å². The van der Waals surface area contributed by atoms with Gasteiger partial charge in [0.1, 0.15) is 0 Å². The summed E-state index contributed by atoms with van der Waals surface area (Å²) in [6.45, 7) is 10.0. The highest BCUT2D eigenvalue weighted by Gasteiger charge is 2.08. The van der Waals surface area contributed by atoms with E-state index in [-0.39, 0.29) is 0 Å². The Morgan fingerprint density at radius 2 is 1.94 bits per heavy atom. The zero-order valence-electron chi connectivity index (χ0n) is 11.9. The molecule has 0 heterocycles. The number of nitrogen functional groups attached to an aromatic ring is 1. The molecule has 1 aromatic carbocycles. The molecular formula is C15H26N2O. The maximum absolute atomic E-state index is 6.02. The Hall–Kier alpha value is -1.22. The van der Waals surface area contributed by atoms with E-state index in [4.69, 9.17) is 10.5 Å². The predicted octanol–water partition coefficient (Wildman–Crippen LogP) is 3.16. The van der Waals surface area contributed by atoms with Crippen LogP contribution >= 0.6 is 0 Å². The fraction of sp³-hybridized carbons (Fsp3) is 0.600. The van der Waals surface area contributed by atoms with E-state index in [2.05, 4.69) is 31.7 Å². The van der Waals surface area contributed by atoms with E-state index in [1.165, 1.54) is 0 Å². The average molecular weight is 250 g/mol. The van der Waals surface area contributed by atoms with Crippen LogP contribution in [0, 0.1) is 5.92 Å². The van der Waals surface area contributed by atoms with Gasteiger partial charge in [-0.1, -0.05) is 32.9 Å². The molecule has 0 aliphatic rings. The van der Waals surface area contributed by atoms with E-state index in [9.17, 15) is 0 Å². The van der Waals surface area contributed by atoms with E-state index in [1.807, 2.05) is 18.2 Å². The highest BCUT2D eigenvalue weighted by molar-refractivity contribution is 5.67. The number of ether oxygens (including phenoxy) is 1. The lowest BCUT2D eigenvalue weighted by Crippen LogP contribution is -2.29. The third-order valence-electron chi connectivity index (χ3n) is 2.73. The fourth-order valence-corrected chi connectivity index (χ4v) is 1.89. The lowest BCUT2D eigenvalue weighted by Gasteiger charge is -2.25. The van der Waals surface area contributed by atoms with E-state index >= 15 is 0 Å². The first-order chi connectivity index (χ1) is 8.65. The fourth-order valence-electron chi connectivity index (χ4n) is 1.89. The van der Waals surface area contributed by atoms with Gasteiger partial charge in [0.15, 0.2) is 0 Å². The number of benzene rings is 1. The molecule has 2 N–H and O–H groups in total. The molecule has 0 saturated heterocycles. The number of para-hydroxylation sites is 2.